The normalized spacial score (nSPS) is 13.5. The fourth-order valence-corrected chi connectivity index (χ4v) is 6.53. The summed E-state index contributed by atoms with van der Waals surface area (Å²) in [6.07, 6.45) is 1.85. The molecule has 5 rings (SSSR count). The van der Waals surface area contributed by atoms with E-state index in [0.717, 1.165) is 10.0 Å². The number of hydrogen-bond acceptors (Lipinski definition) is 7. The highest BCUT2D eigenvalue weighted by molar-refractivity contribution is 7.90. The fourth-order valence-electron chi connectivity index (χ4n) is 4.70. The molecule has 0 radical (unpaired) electrons. The monoisotopic (exact) mass is 572 g/mol. The number of fused-ring (bicyclic) bond motifs is 3. The third-order valence-electron chi connectivity index (χ3n) is 6.46. The smallest absolute Gasteiger partial charge is 0.270 e. The lowest BCUT2D eigenvalue weighted by molar-refractivity contribution is 0.111. The van der Waals surface area contributed by atoms with Crippen molar-refractivity contribution in [2.75, 3.05) is 30.6 Å². The fraction of sp³-hybridized carbons (Fsp3) is 0.192. The van der Waals surface area contributed by atoms with Crippen molar-refractivity contribution in [3.05, 3.63) is 71.6 Å². The highest BCUT2D eigenvalue weighted by Crippen LogP contribution is 2.43. The van der Waals surface area contributed by atoms with E-state index >= 15 is 8.78 Å². The van der Waals surface area contributed by atoms with Gasteiger partial charge in [-0.25, -0.2) is 26.2 Å². The predicted octanol–water partition coefficient (Wildman–Crippen LogP) is 4.51. The van der Waals surface area contributed by atoms with E-state index in [1.807, 2.05) is 0 Å². The van der Waals surface area contributed by atoms with Crippen LogP contribution < -0.4 is 19.3 Å². The minimum Gasteiger partial charge on any atom is -0.493 e. The zero-order valence-electron chi connectivity index (χ0n) is 21.0. The molecule has 1 aliphatic heterocycles. The summed E-state index contributed by atoms with van der Waals surface area (Å²) >= 11 is 5.69. The first kappa shape index (κ1) is 26.5. The number of benzene rings is 2. The maximum atomic E-state index is 15.4. The summed E-state index contributed by atoms with van der Waals surface area (Å²) in [6.45, 7) is 1.95. The van der Waals surface area contributed by atoms with Crippen LogP contribution in [0.2, 0.25) is 0 Å². The number of aldehydes is 1. The van der Waals surface area contributed by atoms with Gasteiger partial charge in [-0.3, -0.25) is 4.79 Å². The lowest BCUT2D eigenvalue weighted by atomic mass is 10.1. The Labute approximate surface area is 228 Å². The van der Waals surface area contributed by atoms with E-state index in [1.54, 1.807) is 30.0 Å². The van der Waals surface area contributed by atoms with Crippen molar-refractivity contribution in [1.29, 1.82) is 0 Å². The average Bonchev–Trinajstić information content (AvgIpc) is 3.34. The molecule has 0 spiro atoms. The van der Waals surface area contributed by atoms with Gasteiger partial charge < -0.3 is 19.3 Å². The van der Waals surface area contributed by atoms with Gasteiger partial charge in [-0.1, -0.05) is 18.2 Å². The number of anilines is 2. The number of carbonyl (C=O) groups excluding carboxylic acids is 1. The quantitative estimate of drug-likeness (QED) is 0.234. The van der Waals surface area contributed by atoms with Crippen LogP contribution in [0.5, 0.6) is 11.5 Å². The van der Waals surface area contributed by atoms with E-state index in [0.29, 0.717) is 22.9 Å². The van der Waals surface area contributed by atoms with Gasteiger partial charge in [-0.2, -0.15) is 0 Å². The second kappa shape index (κ2) is 9.89. The summed E-state index contributed by atoms with van der Waals surface area (Å²) in [5.41, 5.74) is 0.427. The Morgan fingerprint density at radius 2 is 1.69 bits per heavy atom. The van der Waals surface area contributed by atoms with Gasteiger partial charge in [0.25, 0.3) is 10.0 Å². The van der Waals surface area contributed by atoms with Gasteiger partial charge in [0, 0.05) is 29.8 Å². The molecule has 39 heavy (non-hydrogen) atoms. The maximum Gasteiger partial charge on any atom is 0.270 e. The molecule has 13 heteroatoms. The largest absolute Gasteiger partial charge is 0.493 e. The number of methoxy groups -OCH3 is 2. The van der Waals surface area contributed by atoms with Crippen molar-refractivity contribution in [2.45, 2.75) is 18.4 Å². The van der Waals surface area contributed by atoms with Crippen LogP contribution >= 0.6 is 12.2 Å². The number of pyridine rings is 1. The number of ether oxygens (including phenoxy) is 2. The summed E-state index contributed by atoms with van der Waals surface area (Å²) in [6, 6.07) is 10.2. The molecular weight excluding hydrogens is 550 g/mol. The van der Waals surface area contributed by atoms with Gasteiger partial charge in [-0.15, -0.1) is 0 Å². The predicted molar refractivity (Wildman–Crippen MR) is 145 cm³/mol. The molecule has 0 saturated heterocycles. The van der Waals surface area contributed by atoms with Crippen molar-refractivity contribution < 1.29 is 31.5 Å². The lowest BCUT2D eigenvalue weighted by Crippen LogP contribution is -2.48. The molecule has 4 aromatic rings. The van der Waals surface area contributed by atoms with E-state index < -0.39 is 27.3 Å². The zero-order chi connectivity index (χ0) is 28.1. The molecule has 0 saturated carbocycles. The molecule has 9 nitrogen and oxygen atoms in total. The van der Waals surface area contributed by atoms with Crippen LogP contribution in [-0.4, -0.2) is 49.5 Å². The first-order valence-electron chi connectivity index (χ1n) is 11.7. The molecule has 2 aromatic carbocycles. The zero-order valence-corrected chi connectivity index (χ0v) is 22.6. The van der Waals surface area contributed by atoms with E-state index in [-0.39, 0.29) is 45.9 Å². The molecule has 0 atom stereocenters. The van der Waals surface area contributed by atoms with Gasteiger partial charge in [0.15, 0.2) is 40.2 Å². The standard InChI is InChI=1S/C26H22F2N4O5S2/c1-4-30-23-15(13-31(26(30)38)24-21(27)19(36-2)11-20(37-3)22(24)28)12-29-25-18(23)10-16(14-33)32(25)39(34,35)17-8-6-5-7-9-17/h5-12,14H,4,13H2,1-3H3. The van der Waals surface area contributed by atoms with Crippen LogP contribution in [-0.2, 0) is 16.6 Å². The number of hydrogen-bond donors (Lipinski definition) is 0. The van der Waals surface area contributed by atoms with E-state index in [9.17, 15) is 13.2 Å². The highest BCUT2D eigenvalue weighted by atomic mass is 32.2. The van der Waals surface area contributed by atoms with E-state index in [4.69, 9.17) is 21.7 Å². The topological polar surface area (TPSA) is 94.0 Å². The van der Waals surface area contributed by atoms with Crippen molar-refractivity contribution in [2.24, 2.45) is 0 Å². The number of aromatic nitrogens is 2. The van der Waals surface area contributed by atoms with Crippen LogP contribution in [0, 0.1) is 11.6 Å². The number of rotatable bonds is 7. The third-order valence-corrected chi connectivity index (χ3v) is 8.63. The molecular formula is C26H22F2N4O5S2. The second-order valence-corrected chi connectivity index (χ2v) is 10.7. The van der Waals surface area contributed by atoms with Gasteiger partial charge in [0.05, 0.1) is 37.0 Å². The Morgan fingerprint density at radius 3 is 2.26 bits per heavy atom. The Bertz CT molecular complexity index is 1710. The number of thiocarbonyl (C=S) groups is 1. The van der Waals surface area contributed by atoms with E-state index in [1.165, 1.54) is 43.5 Å². The average molecular weight is 573 g/mol. The minimum atomic E-state index is -4.18. The Balaban J connectivity index is 1.73. The summed E-state index contributed by atoms with van der Waals surface area (Å²) in [4.78, 5) is 19.3. The van der Waals surface area contributed by atoms with Gasteiger partial charge >= 0.3 is 0 Å². The molecule has 0 amide bonds. The van der Waals surface area contributed by atoms with Crippen molar-refractivity contribution in [3.63, 3.8) is 0 Å². The van der Waals surface area contributed by atoms with Gasteiger partial charge in [-0.05, 0) is 37.3 Å². The molecule has 3 heterocycles. The van der Waals surface area contributed by atoms with Gasteiger partial charge in [0.1, 0.15) is 5.69 Å². The molecule has 202 valence electrons. The molecule has 0 unspecified atom stereocenters. The van der Waals surface area contributed by atoms with Crippen molar-refractivity contribution in [3.8, 4) is 11.5 Å². The number of carbonyl (C=O) groups is 1. The Kier molecular flexibility index (Phi) is 6.72. The summed E-state index contributed by atoms with van der Waals surface area (Å²) in [5.74, 6) is -2.38. The third kappa shape index (κ3) is 4.00. The van der Waals surface area contributed by atoms with Crippen LogP contribution in [0.15, 0.2) is 53.6 Å². The van der Waals surface area contributed by atoms with Crippen molar-refractivity contribution in [1.82, 2.24) is 8.96 Å². The first-order valence-corrected chi connectivity index (χ1v) is 13.5. The first-order chi connectivity index (χ1) is 18.7. The summed E-state index contributed by atoms with van der Waals surface area (Å²) in [5, 5.41) is 0.402. The van der Waals surface area contributed by atoms with Crippen molar-refractivity contribution >= 4 is 56.0 Å². The van der Waals surface area contributed by atoms with Crippen LogP contribution in [0.4, 0.5) is 20.2 Å². The highest BCUT2D eigenvalue weighted by Gasteiger charge is 2.36. The Hall–Kier alpha value is -4.10. The molecule has 1 aliphatic rings. The van der Waals surface area contributed by atoms with Crippen LogP contribution in [0.25, 0.3) is 11.0 Å². The SMILES string of the molecule is CCN1C(=S)N(c2c(F)c(OC)cc(OC)c2F)Cc2cnc3c(cc(C=O)n3S(=O)(=O)c3ccccc3)c21. The molecule has 0 aliphatic carbocycles. The number of halogens is 2. The van der Waals surface area contributed by atoms with E-state index in [2.05, 4.69) is 4.98 Å². The Morgan fingerprint density at radius 1 is 1.05 bits per heavy atom. The van der Waals surface area contributed by atoms with Crippen LogP contribution in [0.1, 0.15) is 23.0 Å². The maximum absolute atomic E-state index is 15.4. The minimum absolute atomic E-state index is 0.0166. The summed E-state index contributed by atoms with van der Waals surface area (Å²) in [7, 11) is -1.67. The molecule has 0 bridgehead atoms. The lowest BCUT2D eigenvalue weighted by Gasteiger charge is -2.39. The molecule has 2 aromatic heterocycles. The molecule has 0 N–H and O–H groups in total. The molecule has 0 fully saturated rings. The van der Waals surface area contributed by atoms with Gasteiger partial charge in [0.2, 0.25) is 0 Å². The number of nitrogens with zero attached hydrogens (tertiary/aromatic N) is 4. The summed E-state index contributed by atoms with van der Waals surface area (Å²) < 4.78 is 68.9. The second-order valence-electron chi connectivity index (χ2n) is 8.51. The van der Waals surface area contributed by atoms with Crippen LogP contribution in [0.3, 0.4) is 0 Å².